The van der Waals surface area contributed by atoms with Crippen molar-refractivity contribution in [3.63, 3.8) is 0 Å². The normalized spacial score (nSPS) is 16.8. The number of sulfonamides is 1. The number of nitrogens with zero attached hydrogens (tertiary/aromatic N) is 3. The minimum Gasteiger partial charge on any atom is -0.378 e. The summed E-state index contributed by atoms with van der Waals surface area (Å²) >= 11 is 0. The number of carbonyl (C=O) groups is 1. The molecule has 1 heterocycles. The van der Waals surface area contributed by atoms with Gasteiger partial charge >= 0.3 is 0 Å². The minimum atomic E-state index is -3.17. The molecule has 0 radical (unpaired) electrons. The molecule has 1 fully saturated rings. The molecule has 1 aromatic carbocycles. The second-order valence-corrected chi connectivity index (χ2v) is 7.38. The summed E-state index contributed by atoms with van der Waals surface area (Å²) in [6.07, 6.45) is 1.20. The van der Waals surface area contributed by atoms with Crippen LogP contribution in [-0.4, -0.2) is 70.1 Å². The number of piperazine rings is 1. The number of hydrogen-bond acceptors (Lipinski definition) is 4. The first-order chi connectivity index (χ1) is 9.79. The third kappa shape index (κ3) is 3.74. The van der Waals surface area contributed by atoms with Crippen LogP contribution in [-0.2, 0) is 10.0 Å². The first kappa shape index (κ1) is 15.8. The Kier molecular flexibility index (Phi) is 4.53. The molecule has 116 valence electrons. The van der Waals surface area contributed by atoms with E-state index >= 15 is 0 Å². The van der Waals surface area contributed by atoms with Crippen LogP contribution >= 0.6 is 0 Å². The third-order valence-electron chi connectivity index (χ3n) is 3.60. The van der Waals surface area contributed by atoms with Gasteiger partial charge in [0.05, 0.1) is 6.26 Å². The summed E-state index contributed by atoms with van der Waals surface area (Å²) in [4.78, 5) is 16.1. The SMILES string of the molecule is CN(C)c1cccc(C(=O)N2CCN(S(C)(=O)=O)CC2)c1. The number of carbonyl (C=O) groups excluding carboxylic acids is 1. The van der Waals surface area contributed by atoms with Crippen molar-refractivity contribution in [2.75, 3.05) is 51.4 Å². The van der Waals surface area contributed by atoms with Crippen molar-refractivity contribution in [1.29, 1.82) is 0 Å². The molecule has 7 heteroatoms. The predicted octanol–water partition coefficient (Wildman–Crippen LogP) is 0.470. The molecule has 1 amide bonds. The van der Waals surface area contributed by atoms with E-state index in [9.17, 15) is 13.2 Å². The van der Waals surface area contributed by atoms with E-state index < -0.39 is 10.0 Å². The van der Waals surface area contributed by atoms with Crippen LogP contribution in [0.25, 0.3) is 0 Å². The van der Waals surface area contributed by atoms with Crippen LogP contribution in [0.1, 0.15) is 10.4 Å². The van der Waals surface area contributed by atoms with Crippen molar-refractivity contribution < 1.29 is 13.2 Å². The molecule has 0 atom stereocenters. The molecule has 0 N–H and O–H groups in total. The summed E-state index contributed by atoms with van der Waals surface area (Å²) < 4.78 is 24.3. The molecular formula is C14H21N3O3S. The Morgan fingerprint density at radius 3 is 2.29 bits per heavy atom. The minimum absolute atomic E-state index is 0.0492. The summed E-state index contributed by atoms with van der Waals surface area (Å²) in [5, 5.41) is 0. The second-order valence-electron chi connectivity index (χ2n) is 5.40. The van der Waals surface area contributed by atoms with E-state index in [1.165, 1.54) is 10.6 Å². The average Bonchev–Trinajstić information content (AvgIpc) is 2.46. The highest BCUT2D eigenvalue weighted by Gasteiger charge is 2.26. The van der Waals surface area contributed by atoms with Crippen molar-refractivity contribution in [3.05, 3.63) is 29.8 Å². The van der Waals surface area contributed by atoms with Gasteiger partial charge in [-0.15, -0.1) is 0 Å². The van der Waals surface area contributed by atoms with E-state index in [0.29, 0.717) is 31.7 Å². The summed E-state index contributed by atoms with van der Waals surface area (Å²) in [7, 11) is 0.681. The van der Waals surface area contributed by atoms with Crippen LogP contribution in [0.4, 0.5) is 5.69 Å². The zero-order valence-corrected chi connectivity index (χ0v) is 13.4. The van der Waals surface area contributed by atoms with E-state index in [4.69, 9.17) is 0 Å². The molecule has 0 bridgehead atoms. The quantitative estimate of drug-likeness (QED) is 0.814. The van der Waals surface area contributed by atoms with Gasteiger partial charge in [0.2, 0.25) is 10.0 Å². The molecular weight excluding hydrogens is 290 g/mol. The Morgan fingerprint density at radius 1 is 1.14 bits per heavy atom. The molecule has 0 aliphatic carbocycles. The lowest BCUT2D eigenvalue weighted by atomic mass is 10.1. The number of rotatable bonds is 3. The summed E-state index contributed by atoms with van der Waals surface area (Å²) in [6.45, 7) is 1.58. The van der Waals surface area contributed by atoms with Crippen molar-refractivity contribution in [2.45, 2.75) is 0 Å². The fourth-order valence-corrected chi connectivity index (χ4v) is 3.15. The van der Waals surface area contributed by atoms with Gasteiger partial charge in [-0.25, -0.2) is 8.42 Å². The van der Waals surface area contributed by atoms with Crippen molar-refractivity contribution in [1.82, 2.24) is 9.21 Å². The zero-order valence-electron chi connectivity index (χ0n) is 12.6. The summed E-state index contributed by atoms with van der Waals surface area (Å²) in [5.74, 6) is -0.0492. The molecule has 1 saturated heterocycles. The molecule has 2 rings (SSSR count). The van der Waals surface area contributed by atoms with Gasteiger partial charge in [-0.05, 0) is 18.2 Å². The van der Waals surface area contributed by atoms with Crippen LogP contribution < -0.4 is 4.90 Å². The largest absolute Gasteiger partial charge is 0.378 e. The summed E-state index contributed by atoms with van der Waals surface area (Å²) in [5.41, 5.74) is 1.60. The Morgan fingerprint density at radius 2 is 1.76 bits per heavy atom. The maximum atomic E-state index is 12.5. The lowest BCUT2D eigenvalue weighted by Gasteiger charge is -2.33. The third-order valence-corrected chi connectivity index (χ3v) is 4.91. The second kappa shape index (κ2) is 6.03. The van der Waals surface area contributed by atoms with Gasteiger partial charge in [-0.2, -0.15) is 4.31 Å². The summed E-state index contributed by atoms with van der Waals surface area (Å²) in [6, 6.07) is 7.44. The van der Waals surface area contributed by atoms with E-state index in [-0.39, 0.29) is 5.91 Å². The topological polar surface area (TPSA) is 60.9 Å². The van der Waals surface area contributed by atoms with E-state index in [2.05, 4.69) is 0 Å². The van der Waals surface area contributed by atoms with Crippen LogP contribution in [0.3, 0.4) is 0 Å². The Labute approximate surface area is 126 Å². The maximum absolute atomic E-state index is 12.5. The van der Waals surface area contributed by atoms with Gasteiger partial charge in [-0.1, -0.05) is 6.07 Å². The van der Waals surface area contributed by atoms with E-state index in [1.54, 1.807) is 11.0 Å². The van der Waals surface area contributed by atoms with Crippen molar-refractivity contribution >= 4 is 21.6 Å². The molecule has 1 aliphatic heterocycles. The first-order valence-electron chi connectivity index (χ1n) is 6.81. The number of hydrogen-bond donors (Lipinski definition) is 0. The fraction of sp³-hybridized carbons (Fsp3) is 0.500. The molecule has 0 spiro atoms. The lowest BCUT2D eigenvalue weighted by molar-refractivity contribution is 0.0698. The molecule has 6 nitrogen and oxygen atoms in total. The van der Waals surface area contributed by atoms with Crippen LogP contribution in [0.15, 0.2) is 24.3 Å². The lowest BCUT2D eigenvalue weighted by Crippen LogP contribution is -2.50. The Bertz CT molecular complexity index is 620. The van der Waals surface area contributed by atoms with Crippen molar-refractivity contribution in [2.24, 2.45) is 0 Å². The van der Waals surface area contributed by atoms with Gasteiger partial charge in [0.15, 0.2) is 0 Å². The average molecular weight is 311 g/mol. The molecule has 21 heavy (non-hydrogen) atoms. The molecule has 0 aromatic heterocycles. The van der Waals surface area contributed by atoms with Gasteiger partial charge in [0.25, 0.3) is 5.91 Å². The highest BCUT2D eigenvalue weighted by molar-refractivity contribution is 7.88. The number of benzene rings is 1. The zero-order chi connectivity index (χ0) is 15.6. The van der Waals surface area contributed by atoms with Crippen LogP contribution in [0.2, 0.25) is 0 Å². The molecule has 0 unspecified atom stereocenters. The number of anilines is 1. The standard InChI is InChI=1S/C14H21N3O3S/c1-15(2)13-6-4-5-12(11-13)14(18)16-7-9-17(10-8-16)21(3,19)20/h4-6,11H,7-10H2,1-3H3. The van der Waals surface area contributed by atoms with Crippen molar-refractivity contribution in [3.8, 4) is 0 Å². The van der Waals surface area contributed by atoms with Gasteiger partial charge in [0, 0.05) is 51.5 Å². The maximum Gasteiger partial charge on any atom is 0.254 e. The highest BCUT2D eigenvalue weighted by atomic mass is 32.2. The molecule has 1 aromatic rings. The molecule has 0 saturated carbocycles. The van der Waals surface area contributed by atoms with Gasteiger partial charge in [-0.3, -0.25) is 4.79 Å². The fourth-order valence-electron chi connectivity index (χ4n) is 2.32. The number of amides is 1. The van der Waals surface area contributed by atoms with Gasteiger partial charge in [0.1, 0.15) is 0 Å². The Hall–Kier alpha value is -1.60. The monoisotopic (exact) mass is 311 g/mol. The van der Waals surface area contributed by atoms with Crippen LogP contribution in [0.5, 0.6) is 0 Å². The van der Waals surface area contributed by atoms with E-state index in [1.807, 2.05) is 37.2 Å². The molecule has 1 aliphatic rings. The van der Waals surface area contributed by atoms with Gasteiger partial charge < -0.3 is 9.80 Å². The predicted molar refractivity (Wildman–Crippen MR) is 83.1 cm³/mol. The first-order valence-corrected chi connectivity index (χ1v) is 8.65. The smallest absolute Gasteiger partial charge is 0.254 e. The van der Waals surface area contributed by atoms with E-state index in [0.717, 1.165) is 5.69 Å². The van der Waals surface area contributed by atoms with Crippen LogP contribution in [0, 0.1) is 0 Å². The Balaban J connectivity index is 2.07. The highest BCUT2D eigenvalue weighted by Crippen LogP contribution is 2.16.